The van der Waals surface area contributed by atoms with Crippen LogP contribution in [-0.2, 0) is 0 Å². The smallest absolute Gasteiger partial charge is 0.161 e. The average molecular weight is 256 g/mol. The van der Waals surface area contributed by atoms with Crippen molar-refractivity contribution in [2.75, 3.05) is 20.3 Å². The minimum atomic E-state index is 0.364. The number of nitrogens with one attached hydrogen (secondary N) is 1. The van der Waals surface area contributed by atoms with E-state index in [4.69, 9.17) is 21.1 Å². The molecule has 0 radical (unpaired) electrons. The SMILES string of the molecule is COc1ccccc1OCCNC1CC(Cl)C1. The zero-order chi connectivity index (χ0) is 12.1. The highest BCUT2D eigenvalue weighted by Gasteiger charge is 2.26. The number of hydrogen-bond acceptors (Lipinski definition) is 3. The summed E-state index contributed by atoms with van der Waals surface area (Å²) in [6.07, 6.45) is 2.13. The van der Waals surface area contributed by atoms with Gasteiger partial charge in [0.1, 0.15) is 6.61 Å². The van der Waals surface area contributed by atoms with E-state index in [2.05, 4.69) is 5.32 Å². The Morgan fingerprint density at radius 2 is 2.00 bits per heavy atom. The van der Waals surface area contributed by atoms with Crippen LogP contribution >= 0.6 is 11.6 Å². The van der Waals surface area contributed by atoms with Gasteiger partial charge in [0.15, 0.2) is 11.5 Å². The number of halogens is 1. The molecule has 1 saturated carbocycles. The van der Waals surface area contributed by atoms with Crippen LogP contribution in [0.4, 0.5) is 0 Å². The highest BCUT2D eigenvalue weighted by atomic mass is 35.5. The Balaban J connectivity index is 1.67. The Labute approximate surface area is 107 Å². The number of rotatable bonds is 6. The molecule has 0 bridgehead atoms. The lowest BCUT2D eigenvalue weighted by Gasteiger charge is -2.31. The molecule has 94 valence electrons. The summed E-state index contributed by atoms with van der Waals surface area (Å²) in [5.41, 5.74) is 0. The van der Waals surface area contributed by atoms with E-state index in [-0.39, 0.29) is 0 Å². The van der Waals surface area contributed by atoms with Crippen molar-refractivity contribution in [3.63, 3.8) is 0 Å². The minimum absolute atomic E-state index is 0.364. The van der Waals surface area contributed by atoms with Crippen LogP contribution in [0.2, 0.25) is 0 Å². The second-order valence-corrected chi connectivity index (χ2v) is 4.84. The van der Waals surface area contributed by atoms with Gasteiger partial charge in [0.05, 0.1) is 7.11 Å². The number of alkyl halides is 1. The van der Waals surface area contributed by atoms with E-state index >= 15 is 0 Å². The lowest BCUT2D eigenvalue weighted by molar-refractivity contribution is 0.267. The fourth-order valence-electron chi connectivity index (χ4n) is 1.88. The molecule has 0 aromatic heterocycles. The molecule has 0 spiro atoms. The Morgan fingerprint density at radius 1 is 1.29 bits per heavy atom. The normalized spacial score (nSPS) is 22.9. The standard InChI is InChI=1S/C13H18ClNO2/c1-16-12-4-2-3-5-13(12)17-7-6-15-11-8-10(14)9-11/h2-5,10-11,15H,6-9H2,1H3. The van der Waals surface area contributed by atoms with Gasteiger partial charge < -0.3 is 14.8 Å². The molecule has 0 heterocycles. The van der Waals surface area contributed by atoms with Gasteiger partial charge in [-0.1, -0.05) is 12.1 Å². The molecule has 17 heavy (non-hydrogen) atoms. The van der Waals surface area contributed by atoms with E-state index < -0.39 is 0 Å². The third-order valence-corrected chi connectivity index (χ3v) is 3.30. The van der Waals surface area contributed by atoms with Crippen molar-refractivity contribution in [3.05, 3.63) is 24.3 Å². The van der Waals surface area contributed by atoms with E-state index in [1.807, 2.05) is 24.3 Å². The maximum atomic E-state index is 5.90. The average Bonchev–Trinajstić information content (AvgIpc) is 2.32. The molecule has 0 atom stereocenters. The molecule has 3 nitrogen and oxygen atoms in total. The molecule has 0 aliphatic heterocycles. The Kier molecular flexibility index (Phi) is 4.51. The molecule has 0 amide bonds. The van der Waals surface area contributed by atoms with Crippen molar-refractivity contribution >= 4 is 11.6 Å². The summed E-state index contributed by atoms with van der Waals surface area (Å²) in [5.74, 6) is 1.57. The maximum absolute atomic E-state index is 5.90. The second kappa shape index (κ2) is 6.12. The van der Waals surface area contributed by atoms with Crippen molar-refractivity contribution in [1.82, 2.24) is 5.32 Å². The first-order chi connectivity index (χ1) is 8.29. The van der Waals surface area contributed by atoms with Gasteiger partial charge in [0.2, 0.25) is 0 Å². The van der Waals surface area contributed by atoms with Gasteiger partial charge in [-0.2, -0.15) is 0 Å². The van der Waals surface area contributed by atoms with Crippen LogP contribution in [0.1, 0.15) is 12.8 Å². The van der Waals surface area contributed by atoms with Gasteiger partial charge in [0, 0.05) is 18.0 Å². The zero-order valence-electron chi connectivity index (χ0n) is 9.99. The highest BCUT2D eigenvalue weighted by molar-refractivity contribution is 6.21. The Bertz CT molecular complexity index is 353. The maximum Gasteiger partial charge on any atom is 0.161 e. The summed E-state index contributed by atoms with van der Waals surface area (Å²) in [5, 5.41) is 3.77. The van der Waals surface area contributed by atoms with E-state index in [1.165, 1.54) is 0 Å². The molecule has 1 aliphatic rings. The lowest BCUT2D eigenvalue weighted by Crippen LogP contribution is -2.43. The summed E-state index contributed by atoms with van der Waals surface area (Å²) in [4.78, 5) is 0. The summed E-state index contributed by atoms with van der Waals surface area (Å²) >= 11 is 5.90. The number of benzene rings is 1. The number of methoxy groups -OCH3 is 1. The van der Waals surface area contributed by atoms with Crippen molar-refractivity contribution in [1.29, 1.82) is 0 Å². The van der Waals surface area contributed by atoms with Crippen LogP contribution in [0.15, 0.2) is 24.3 Å². The quantitative estimate of drug-likeness (QED) is 0.626. The molecule has 0 unspecified atom stereocenters. The number of ether oxygens (including phenoxy) is 2. The van der Waals surface area contributed by atoms with Gasteiger partial charge in [-0.15, -0.1) is 11.6 Å². The minimum Gasteiger partial charge on any atom is -0.493 e. The van der Waals surface area contributed by atoms with Gasteiger partial charge in [0.25, 0.3) is 0 Å². The highest BCUT2D eigenvalue weighted by Crippen LogP contribution is 2.26. The van der Waals surface area contributed by atoms with E-state index in [9.17, 15) is 0 Å². The summed E-state index contributed by atoms with van der Waals surface area (Å²) < 4.78 is 10.9. The molecule has 1 N–H and O–H groups in total. The molecule has 4 heteroatoms. The third kappa shape index (κ3) is 3.51. The first kappa shape index (κ1) is 12.5. The Hall–Kier alpha value is -0.930. The first-order valence-corrected chi connectivity index (χ1v) is 6.36. The lowest BCUT2D eigenvalue weighted by atomic mass is 9.92. The number of hydrogen-bond donors (Lipinski definition) is 1. The van der Waals surface area contributed by atoms with Crippen LogP contribution in [0.25, 0.3) is 0 Å². The van der Waals surface area contributed by atoms with Crippen molar-refractivity contribution in [2.45, 2.75) is 24.3 Å². The van der Waals surface area contributed by atoms with Crippen LogP contribution in [0, 0.1) is 0 Å². The predicted molar refractivity (Wildman–Crippen MR) is 69.2 cm³/mol. The number of para-hydroxylation sites is 2. The fourth-order valence-corrected chi connectivity index (χ4v) is 2.31. The third-order valence-electron chi connectivity index (χ3n) is 2.94. The van der Waals surface area contributed by atoms with E-state index in [0.29, 0.717) is 18.0 Å². The van der Waals surface area contributed by atoms with Gasteiger partial charge in [-0.05, 0) is 25.0 Å². The molecular formula is C13H18ClNO2. The monoisotopic (exact) mass is 255 g/mol. The summed E-state index contributed by atoms with van der Waals surface area (Å²) in [7, 11) is 1.65. The van der Waals surface area contributed by atoms with E-state index in [0.717, 1.165) is 30.9 Å². The Morgan fingerprint density at radius 3 is 2.65 bits per heavy atom. The molecule has 2 rings (SSSR count). The van der Waals surface area contributed by atoms with Crippen LogP contribution in [-0.4, -0.2) is 31.7 Å². The summed E-state index contributed by atoms with van der Waals surface area (Å²) in [6.45, 7) is 1.48. The molecule has 0 saturated heterocycles. The molecule has 1 aromatic rings. The second-order valence-electron chi connectivity index (χ2n) is 4.22. The first-order valence-electron chi connectivity index (χ1n) is 5.93. The summed E-state index contributed by atoms with van der Waals surface area (Å²) in [6, 6.07) is 8.25. The van der Waals surface area contributed by atoms with E-state index in [1.54, 1.807) is 7.11 Å². The van der Waals surface area contributed by atoms with Crippen molar-refractivity contribution in [3.8, 4) is 11.5 Å². The molecular weight excluding hydrogens is 238 g/mol. The van der Waals surface area contributed by atoms with Crippen LogP contribution < -0.4 is 14.8 Å². The predicted octanol–water partition coefficient (Wildman–Crippen LogP) is 2.43. The van der Waals surface area contributed by atoms with Gasteiger partial charge in [-0.25, -0.2) is 0 Å². The topological polar surface area (TPSA) is 30.5 Å². The van der Waals surface area contributed by atoms with Gasteiger partial charge in [-0.3, -0.25) is 0 Å². The largest absolute Gasteiger partial charge is 0.493 e. The van der Waals surface area contributed by atoms with Gasteiger partial charge >= 0.3 is 0 Å². The van der Waals surface area contributed by atoms with Crippen molar-refractivity contribution < 1.29 is 9.47 Å². The van der Waals surface area contributed by atoms with Crippen LogP contribution in [0.3, 0.4) is 0 Å². The molecule has 1 aliphatic carbocycles. The van der Waals surface area contributed by atoms with Crippen molar-refractivity contribution in [2.24, 2.45) is 0 Å². The van der Waals surface area contributed by atoms with Crippen LogP contribution in [0.5, 0.6) is 11.5 Å². The molecule has 1 aromatic carbocycles. The molecule has 1 fully saturated rings. The fraction of sp³-hybridized carbons (Fsp3) is 0.538. The zero-order valence-corrected chi connectivity index (χ0v) is 10.7.